The highest BCUT2D eigenvalue weighted by Gasteiger charge is 2.35. The molecule has 2 aliphatic rings. The number of fused-ring (bicyclic) bond motifs is 2. The first kappa shape index (κ1) is 17.9. The van der Waals surface area contributed by atoms with Gasteiger partial charge >= 0.3 is 0 Å². The van der Waals surface area contributed by atoms with Crippen molar-refractivity contribution in [3.63, 3.8) is 0 Å². The van der Waals surface area contributed by atoms with Crippen LogP contribution in [0.4, 0.5) is 5.69 Å². The molecule has 0 aliphatic carbocycles. The molecule has 2 heterocycles. The van der Waals surface area contributed by atoms with Crippen LogP contribution in [-0.2, 0) is 4.79 Å². The number of imide groups is 1. The number of nitrogens with zero attached hydrogens (tertiary/aromatic N) is 2. The Hall–Kier alpha value is -3.48. The molecule has 2 aromatic carbocycles. The molecule has 7 heteroatoms. The quantitative estimate of drug-likeness (QED) is 0.602. The van der Waals surface area contributed by atoms with Crippen molar-refractivity contribution < 1.29 is 23.9 Å². The van der Waals surface area contributed by atoms with Crippen LogP contribution >= 0.6 is 0 Å². The van der Waals surface area contributed by atoms with Gasteiger partial charge in [-0.05, 0) is 37.3 Å². The van der Waals surface area contributed by atoms with E-state index < -0.39 is 0 Å². The molecule has 7 nitrogen and oxygen atoms in total. The van der Waals surface area contributed by atoms with Gasteiger partial charge in [-0.3, -0.25) is 24.1 Å². The Morgan fingerprint density at radius 3 is 2.36 bits per heavy atom. The van der Waals surface area contributed by atoms with Crippen molar-refractivity contribution in [1.82, 2.24) is 4.90 Å². The van der Waals surface area contributed by atoms with E-state index in [1.165, 1.54) is 6.92 Å². The van der Waals surface area contributed by atoms with Gasteiger partial charge in [0.15, 0.2) is 5.78 Å². The maximum Gasteiger partial charge on any atom is 0.261 e. The molecule has 2 aliphatic heterocycles. The number of anilines is 1. The van der Waals surface area contributed by atoms with Crippen molar-refractivity contribution in [2.45, 2.75) is 13.3 Å². The summed E-state index contributed by atoms with van der Waals surface area (Å²) in [5, 5.41) is 0. The highest BCUT2D eigenvalue weighted by molar-refractivity contribution is 6.21. The van der Waals surface area contributed by atoms with Crippen LogP contribution in [0, 0.1) is 0 Å². The summed E-state index contributed by atoms with van der Waals surface area (Å²) in [5.74, 6) is -0.566. The average molecular weight is 378 g/mol. The Kier molecular flexibility index (Phi) is 4.43. The van der Waals surface area contributed by atoms with E-state index >= 15 is 0 Å². The molecule has 0 aromatic heterocycles. The number of hydrogen-bond acceptors (Lipinski definition) is 5. The minimum absolute atomic E-state index is 0.00424. The summed E-state index contributed by atoms with van der Waals surface area (Å²) in [6.45, 7) is 2.14. The molecule has 0 fully saturated rings. The van der Waals surface area contributed by atoms with E-state index in [-0.39, 0.29) is 36.5 Å². The van der Waals surface area contributed by atoms with Gasteiger partial charge in [-0.1, -0.05) is 12.1 Å². The zero-order valence-electron chi connectivity index (χ0n) is 15.3. The second kappa shape index (κ2) is 6.92. The van der Waals surface area contributed by atoms with E-state index in [0.29, 0.717) is 41.3 Å². The van der Waals surface area contributed by atoms with Crippen molar-refractivity contribution >= 4 is 29.2 Å². The van der Waals surface area contributed by atoms with Gasteiger partial charge in [0.2, 0.25) is 5.91 Å². The van der Waals surface area contributed by atoms with Gasteiger partial charge in [0.25, 0.3) is 11.8 Å². The third-order valence-corrected chi connectivity index (χ3v) is 4.96. The molecule has 142 valence electrons. The first-order chi connectivity index (χ1) is 13.5. The molecule has 0 radical (unpaired) electrons. The highest BCUT2D eigenvalue weighted by atomic mass is 16.5. The maximum absolute atomic E-state index is 12.8. The van der Waals surface area contributed by atoms with Gasteiger partial charge in [-0.25, -0.2) is 0 Å². The van der Waals surface area contributed by atoms with Crippen LogP contribution in [-0.4, -0.2) is 48.1 Å². The Morgan fingerprint density at radius 1 is 1.04 bits per heavy atom. The van der Waals surface area contributed by atoms with E-state index in [0.717, 1.165) is 4.90 Å². The number of hydrogen-bond donors (Lipinski definition) is 0. The van der Waals surface area contributed by atoms with Crippen LogP contribution in [0.25, 0.3) is 0 Å². The van der Waals surface area contributed by atoms with Gasteiger partial charge in [-0.2, -0.15) is 0 Å². The van der Waals surface area contributed by atoms with Gasteiger partial charge in [-0.15, -0.1) is 0 Å². The predicted molar refractivity (Wildman–Crippen MR) is 101 cm³/mol. The molecule has 0 unspecified atom stereocenters. The van der Waals surface area contributed by atoms with Crippen molar-refractivity contribution in [2.75, 3.05) is 24.6 Å². The summed E-state index contributed by atoms with van der Waals surface area (Å²) in [6, 6.07) is 11.6. The van der Waals surface area contributed by atoms with Crippen LogP contribution in [0.2, 0.25) is 0 Å². The van der Waals surface area contributed by atoms with E-state index in [2.05, 4.69) is 0 Å². The van der Waals surface area contributed by atoms with Crippen molar-refractivity contribution in [3.05, 3.63) is 59.2 Å². The van der Waals surface area contributed by atoms with Gasteiger partial charge in [0.1, 0.15) is 12.4 Å². The van der Waals surface area contributed by atoms with Gasteiger partial charge < -0.3 is 9.64 Å². The Morgan fingerprint density at radius 2 is 1.71 bits per heavy atom. The standard InChI is InChI=1S/C21H18N2O5/c1-13(24)14-6-7-18-17(12-14)22(10-11-28-18)19(25)8-9-23-20(26)15-4-2-3-5-16(15)21(23)27/h2-7,12H,8-11H2,1H3. The Balaban J connectivity index is 1.50. The number of ether oxygens (including phenoxy) is 1. The maximum atomic E-state index is 12.8. The van der Waals surface area contributed by atoms with Gasteiger partial charge in [0, 0.05) is 18.5 Å². The van der Waals surface area contributed by atoms with Crippen LogP contribution in [0.5, 0.6) is 5.75 Å². The molecule has 0 N–H and O–H groups in total. The average Bonchev–Trinajstić information content (AvgIpc) is 2.95. The SMILES string of the molecule is CC(=O)c1ccc2c(c1)N(C(=O)CCN1C(=O)c3ccccc3C1=O)CCO2. The molecule has 0 spiro atoms. The Bertz CT molecular complexity index is 979. The zero-order valence-corrected chi connectivity index (χ0v) is 15.3. The summed E-state index contributed by atoms with van der Waals surface area (Å²) in [5.41, 5.74) is 1.75. The first-order valence-electron chi connectivity index (χ1n) is 9.01. The monoisotopic (exact) mass is 378 g/mol. The minimum Gasteiger partial charge on any atom is -0.490 e. The number of rotatable bonds is 4. The molecular formula is C21H18N2O5. The summed E-state index contributed by atoms with van der Waals surface area (Å²) in [7, 11) is 0. The lowest BCUT2D eigenvalue weighted by molar-refractivity contribution is -0.119. The molecule has 0 atom stereocenters. The van der Waals surface area contributed by atoms with Crippen LogP contribution in [0.3, 0.4) is 0 Å². The molecular weight excluding hydrogens is 360 g/mol. The lowest BCUT2D eigenvalue weighted by Crippen LogP contribution is -2.40. The van der Waals surface area contributed by atoms with Crippen molar-refractivity contribution in [1.29, 1.82) is 0 Å². The van der Waals surface area contributed by atoms with Gasteiger partial charge in [0.05, 0.1) is 23.4 Å². The summed E-state index contributed by atoms with van der Waals surface area (Å²) >= 11 is 0. The predicted octanol–water partition coefficient (Wildman–Crippen LogP) is 2.30. The van der Waals surface area contributed by atoms with Crippen LogP contribution in [0.1, 0.15) is 44.4 Å². The minimum atomic E-state index is -0.380. The molecule has 0 saturated carbocycles. The first-order valence-corrected chi connectivity index (χ1v) is 9.01. The van der Waals surface area contributed by atoms with E-state index in [1.54, 1.807) is 47.4 Å². The van der Waals surface area contributed by atoms with E-state index in [9.17, 15) is 19.2 Å². The zero-order chi connectivity index (χ0) is 19.8. The smallest absolute Gasteiger partial charge is 0.261 e. The number of carbonyl (C=O) groups is 4. The molecule has 0 bridgehead atoms. The van der Waals surface area contributed by atoms with Crippen LogP contribution in [0.15, 0.2) is 42.5 Å². The number of ketones is 1. The number of benzene rings is 2. The molecule has 2 aromatic rings. The van der Waals surface area contributed by atoms with Crippen molar-refractivity contribution in [3.8, 4) is 5.75 Å². The number of amides is 3. The second-order valence-electron chi connectivity index (χ2n) is 6.69. The summed E-state index contributed by atoms with van der Waals surface area (Å²) in [6.07, 6.45) is -0.00475. The molecule has 28 heavy (non-hydrogen) atoms. The van der Waals surface area contributed by atoms with Crippen LogP contribution < -0.4 is 9.64 Å². The summed E-state index contributed by atoms with van der Waals surface area (Å²) < 4.78 is 5.57. The third-order valence-electron chi connectivity index (χ3n) is 4.96. The fourth-order valence-electron chi connectivity index (χ4n) is 3.48. The second-order valence-corrected chi connectivity index (χ2v) is 6.69. The lowest BCUT2D eigenvalue weighted by atomic mass is 10.1. The largest absolute Gasteiger partial charge is 0.490 e. The molecule has 0 saturated heterocycles. The fourth-order valence-corrected chi connectivity index (χ4v) is 3.48. The Labute approximate surface area is 161 Å². The highest BCUT2D eigenvalue weighted by Crippen LogP contribution is 2.33. The number of Topliss-reactive ketones (excluding diaryl/α,β-unsaturated/α-hetero) is 1. The third kappa shape index (κ3) is 2.94. The number of carbonyl (C=O) groups excluding carboxylic acids is 4. The normalized spacial score (nSPS) is 15.2. The molecule has 3 amide bonds. The van der Waals surface area contributed by atoms with Crippen molar-refractivity contribution in [2.24, 2.45) is 0 Å². The topological polar surface area (TPSA) is 84.0 Å². The lowest BCUT2D eigenvalue weighted by Gasteiger charge is -2.30. The van der Waals surface area contributed by atoms with E-state index in [1.807, 2.05) is 0 Å². The fraction of sp³-hybridized carbons (Fsp3) is 0.238. The summed E-state index contributed by atoms with van der Waals surface area (Å²) in [4.78, 5) is 52.0. The van der Waals surface area contributed by atoms with E-state index in [4.69, 9.17) is 4.74 Å². The molecule has 4 rings (SSSR count).